The molecular formula is C16H28N2O. The van der Waals surface area contributed by atoms with Crippen molar-refractivity contribution in [3.05, 3.63) is 12.7 Å². The molecule has 0 saturated heterocycles. The summed E-state index contributed by atoms with van der Waals surface area (Å²) in [5, 5.41) is 3.30. The second-order valence-electron chi connectivity index (χ2n) is 6.17. The Morgan fingerprint density at radius 3 is 2.53 bits per heavy atom. The fourth-order valence-electron chi connectivity index (χ4n) is 2.93. The molecule has 0 aliphatic heterocycles. The van der Waals surface area contributed by atoms with Crippen LogP contribution in [0, 0.1) is 11.8 Å². The van der Waals surface area contributed by atoms with Crippen LogP contribution in [0.2, 0.25) is 0 Å². The van der Waals surface area contributed by atoms with Gasteiger partial charge in [0.15, 0.2) is 0 Å². The first kappa shape index (κ1) is 14.6. The summed E-state index contributed by atoms with van der Waals surface area (Å²) < 4.78 is 0. The predicted molar refractivity (Wildman–Crippen MR) is 78.9 cm³/mol. The van der Waals surface area contributed by atoms with Crippen molar-refractivity contribution in [1.29, 1.82) is 0 Å². The number of hydrogen-bond donors (Lipinski definition) is 1. The van der Waals surface area contributed by atoms with Crippen LogP contribution < -0.4 is 5.32 Å². The molecule has 0 radical (unpaired) electrons. The van der Waals surface area contributed by atoms with Gasteiger partial charge in [0.25, 0.3) is 0 Å². The third kappa shape index (κ3) is 5.35. The first-order valence-corrected chi connectivity index (χ1v) is 7.89. The molecule has 108 valence electrons. The molecule has 0 bridgehead atoms. The fraction of sp³-hybridized carbons (Fsp3) is 0.812. The highest BCUT2D eigenvalue weighted by molar-refractivity contribution is 5.78. The van der Waals surface area contributed by atoms with Crippen LogP contribution in [-0.4, -0.2) is 37.0 Å². The summed E-state index contributed by atoms with van der Waals surface area (Å²) in [5.74, 6) is 1.78. The lowest BCUT2D eigenvalue weighted by Gasteiger charge is -2.29. The lowest BCUT2D eigenvalue weighted by molar-refractivity contribution is -0.130. The Balaban J connectivity index is 1.71. The summed E-state index contributed by atoms with van der Waals surface area (Å²) in [6, 6.07) is 0. The van der Waals surface area contributed by atoms with Crippen molar-refractivity contribution in [2.24, 2.45) is 11.8 Å². The number of nitrogens with zero attached hydrogens (tertiary/aromatic N) is 1. The van der Waals surface area contributed by atoms with Crippen molar-refractivity contribution < 1.29 is 4.79 Å². The molecule has 0 heterocycles. The first-order valence-electron chi connectivity index (χ1n) is 7.89. The lowest BCUT2D eigenvalue weighted by Crippen LogP contribution is -2.41. The summed E-state index contributed by atoms with van der Waals surface area (Å²) in [6.07, 6.45) is 11.1. The van der Waals surface area contributed by atoms with E-state index in [9.17, 15) is 4.79 Å². The molecule has 2 aliphatic rings. The summed E-state index contributed by atoms with van der Waals surface area (Å²) in [4.78, 5) is 14.2. The van der Waals surface area contributed by atoms with Crippen molar-refractivity contribution in [3.8, 4) is 0 Å². The monoisotopic (exact) mass is 264 g/mol. The molecule has 0 aromatic carbocycles. The maximum absolute atomic E-state index is 12.2. The van der Waals surface area contributed by atoms with Crippen LogP contribution in [0.3, 0.4) is 0 Å². The molecule has 0 spiro atoms. The summed E-state index contributed by atoms with van der Waals surface area (Å²) >= 11 is 0. The van der Waals surface area contributed by atoms with Gasteiger partial charge in [-0.2, -0.15) is 0 Å². The third-order valence-electron chi connectivity index (χ3n) is 4.31. The van der Waals surface area contributed by atoms with E-state index in [1.165, 1.54) is 44.9 Å². The van der Waals surface area contributed by atoms with Gasteiger partial charge in [-0.25, -0.2) is 0 Å². The molecule has 0 aromatic rings. The van der Waals surface area contributed by atoms with Gasteiger partial charge >= 0.3 is 0 Å². The van der Waals surface area contributed by atoms with E-state index in [-0.39, 0.29) is 5.91 Å². The Hall–Kier alpha value is -0.830. The van der Waals surface area contributed by atoms with Crippen LogP contribution in [0.5, 0.6) is 0 Å². The number of amides is 1. The normalized spacial score (nSPS) is 20.2. The number of nitrogens with one attached hydrogen (secondary N) is 1. The van der Waals surface area contributed by atoms with Crippen LogP contribution in [0.4, 0.5) is 0 Å². The Labute approximate surface area is 117 Å². The van der Waals surface area contributed by atoms with Gasteiger partial charge in [0, 0.05) is 13.1 Å². The van der Waals surface area contributed by atoms with Crippen molar-refractivity contribution in [2.45, 2.75) is 44.9 Å². The van der Waals surface area contributed by atoms with Gasteiger partial charge in [0.1, 0.15) is 0 Å². The molecule has 1 amide bonds. The van der Waals surface area contributed by atoms with E-state index >= 15 is 0 Å². The van der Waals surface area contributed by atoms with Gasteiger partial charge < -0.3 is 10.2 Å². The highest BCUT2D eigenvalue weighted by atomic mass is 16.2. The molecule has 1 N–H and O–H groups in total. The molecule has 2 rings (SSSR count). The molecule has 3 heteroatoms. The summed E-state index contributed by atoms with van der Waals surface area (Å²) in [6.45, 7) is 6.91. The topological polar surface area (TPSA) is 32.3 Å². The number of rotatable bonds is 8. The lowest BCUT2D eigenvalue weighted by atomic mass is 9.89. The average molecular weight is 264 g/mol. The van der Waals surface area contributed by atoms with Crippen LogP contribution in [0.15, 0.2) is 12.7 Å². The summed E-state index contributed by atoms with van der Waals surface area (Å²) in [7, 11) is 0. The first-order chi connectivity index (χ1) is 9.29. The second-order valence-corrected chi connectivity index (χ2v) is 6.17. The maximum atomic E-state index is 12.2. The minimum Gasteiger partial charge on any atom is -0.338 e. The Morgan fingerprint density at radius 1 is 1.16 bits per heavy atom. The van der Waals surface area contributed by atoms with Gasteiger partial charge in [0.05, 0.1) is 6.54 Å². The molecular weight excluding hydrogens is 236 g/mol. The minimum atomic E-state index is 0.242. The smallest absolute Gasteiger partial charge is 0.236 e. The van der Waals surface area contributed by atoms with E-state index < -0.39 is 0 Å². The van der Waals surface area contributed by atoms with Crippen LogP contribution in [0.1, 0.15) is 44.9 Å². The third-order valence-corrected chi connectivity index (χ3v) is 4.31. The molecule has 19 heavy (non-hydrogen) atoms. The Morgan fingerprint density at radius 2 is 1.89 bits per heavy atom. The van der Waals surface area contributed by atoms with Crippen LogP contribution in [0.25, 0.3) is 0 Å². The molecule has 0 unspecified atom stereocenters. The van der Waals surface area contributed by atoms with Gasteiger partial charge in [-0.3, -0.25) is 4.79 Å². The van der Waals surface area contributed by atoms with Crippen molar-refractivity contribution in [1.82, 2.24) is 10.2 Å². The zero-order valence-corrected chi connectivity index (χ0v) is 12.1. The number of carbonyl (C=O) groups excluding carboxylic acids is 1. The highest BCUT2D eigenvalue weighted by Gasteiger charge is 2.22. The number of hydrogen-bond acceptors (Lipinski definition) is 2. The predicted octanol–water partition coefficient (Wildman–Crippen LogP) is 2.58. The van der Waals surface area contributed by atoms with Gasteiger partial charge in [-0.15, -0.1) is 6.58 Å². The van der Waals surface area contributed by atoms with Gasteiger partial charge in [-0.1, -0.05) is 25.3 Å². The van der Waals surface area contributed by atoms with E-state index in [2.05, 4.69) is 11.9 Å². The minimum absolute atomic E-state index is 0.242. The van der Waals surface area contributed by atoms with Crippen molar-refractivity contribution in [3.63, 3.8) is 0 Å². The zero-order chi connectivity index (χ0) is 13.5. The molecule has 2 fully saturated rings. The Kier molecular flexibility index (Phi) is 5.90. The van der Waals surface area contributed by atoms with Crippen molar-refractivity contribution >= 4 is 5.91 Å². The van der Waals surface area contributed by atoms with Crippen LogP contribution in [-0.2, 0) is 4.79 Å². The van der Waals surface area contributed by atoms with E-state index in [1.54, 1.807) is 0 Å². The number of carbonyl (C=O) groups is 1. The molecule has 2 saturated carbocycles. The zero-order valence-electron chi connectivity index (χ0n) is 12.1. The molecule has 2 aliphatic carbocycles. The molecule has 3 nitrogen and oxygen atoms in total. The summed E-state index contributed by atoms with van der Waals surface area (Å²) in [5.41, 5.74) is 0. The van der Waals surface area contributed by atoms with E-state index in [0.29, 0.717) is 19.0 Å². The van der Waals surface area contributed by atoms with Gasteiger partial charge in [0.2, 0.25) is 5.91 Å². The Bertz CT molecular complexity index is 293. The molecule has 0 aromatic heterocycles. The van der Waals surface area contributed by atoms with Crippen LogP contribution >= 0.6 is 0 Å². The second kappa shape index (κ2) is 7.68. The standard InChI is InChI=1S/C16H28N2O/c1-2-10-18(13-15-6-4-3-5-7-15)16(19)12-17-11-14-8-9-14/h2,14-15,17H,1,3-13H2. The van der Waals surface area contributed by atoms with Crippen molar-refractivity contribution in [2.75, 3.05) is 26.2 Å². The van der Waals surface area contributed by atoms with E-state index in [0.717, 1.165) is 19.0 Å². The van der Waals surface area contributed by atoms with Gasteiger partial charge in [-0.05, 0) is 44.1 Å². The fourth-order valence-corrected chi connectivity index (χ4v) is 2.93. The largest absolute Gasteiger partial charge is 0.338 e. The maximum Gasteiger partial charge on any atom is 0.236 e. The SMILES string of the molecule is C=CCN(CC1CCCCC1)C(=O)CNCC1CC1. The van der Waals surface area contributed by atoms with E-state index in [4.69, 9.17) is 0 Å². The molecule has 0 atom stereocenters. The van der Waals surface area contributed by atoms with E-state index in [1.807, 2.05) is 11.0 Å². The average Bonchev–Trinajstić information content (AvgIpc) is 3.23. The highest BCUT2D eigenvalue weighted by Crippen LogP contribution is 2.27. The quantitative estimate of drug-likeness (QED) is 0.683.